The Morgan fingerprint density at radius 3 is 1.70 bits per heavy atom. The topological polar surface area (TPSA) is 25.8 Å². The van der Waals surface area contributed by atoms with E-state index in [2.05, 4.69) is 158 Å². The van der Waals surface area contributed by atoms with Crippen LogP contribution in [-0.4, -0.2) is 9.97 Å². The second kappa shape index (κ2) is 13.3. The molecule has 0 amide bonds. The van der Waals surface area contributed by atoms with Gasteiger partial charge in [0.1, 0.15) is 0 Å². The van der Waals surface area contributed by atoms with Gasteiger partial charge < -0.3 is 0 Å². The van der Waals surface area contributed by atoms with Crippen LogP contribution in [0.2, 0.25) is 0 Å². The highest BCUT2D eigenvalue weighted by molar-refractivity contribution is 6.01. The first-order valence-corrected chi connectivity index (χ1v) is 20.0. The summed E-state index contributed by atoms with van der Waals surface area (Å²) in [5.41, 5.74) is 16.0. The van der Waals surface area contributed by atoms with Crippen LogP contribution in [0.3, 0.4) is 0 Å². The van der Waals surface area contributed by atoms with Gasteiger partial charge in [-0.1, -0.05) is 177 Å². The van der Waals surface area contributed by atoms with Crippen molar-refractivity contribution in [2.75, 3.05) is 0 Å². The first-order valence-electron chi connectivity index (χ1n) is 20.0. The normalized spacial score (nSPS) is 14.2. The molecule has 0 atom stereocenters. The molecule has 0 N–H and O–H groups in total. The third-order valence-corrected chi connectivity index (χ3v) is 12.5. The van der Waals surface area contributed by atoms with E-state index in [1.807, 2.05) is 24.3 Å². The van der Waals surface area contributed by atoms with Crippen LogP contribution in [0, 0.1) is 0 Å². The van der Waals surface area contributed by atoms with Gasteiger partial charge in [-0.15, -0.1) is 0 Å². The van der Waals surface area contributed by atoms with Crippen molar-refractivity contribution < 1.29 is 0 Å². The van der Waals surface area contributed by atoms with Gasteiger partial charge in [0.2, 0.25) is 0 Å². The molecule has 1 spiro atoms. The molecule has 1 fully saturated rings. The maximum Gasteiger partial charge on any atom is 0.160 e. The summed E-state index contributed by atoms with van der Waals surface area (Å²) in [6.45, 7) is 0. The molecule has 2 aliphatic carbocycles. The van der Waals surface area contributed by atoms with Crippen molar-refractivity contribution in [2.24, 2.45) is 0 Å². The fourth-order valence-electron chi connectivity index (χ4n) is 9.75. The summed E-state index contributed by atoms with van der Waals surface area (Å²) in [6.07, 6.45) is 6.37. The van der Waals surface area contributed by atoms with Gasteiger partial charge in [0, 0.05) is 22.1 Å². The lowest BCUT2D eigenvalue weighted by atomic mass is 9.67. The van der Waals surface area contributed by atoms with Gasteiger partial charge in [0.05, 0.1) is 11.4 Å². The minimum absolute atomic E-state index is 0.108. The van der Waals surface area contributed by atoms with Gasteiger partial charge >= 0.3 is 0 Å². The maximum absolute atomic E-state index is 5.14. The third-order valence-electron chi connectivity index (χ3n) is 12.5. The number of aromatic nitrogens is 2. The molecule has 1 heterocycles. The summed E-state index contributed by atoms with van der Waals surface area (Å²) >= 11 is 0. The van der Waals surface area contributed by atoms with Crippen LogP contribution in [0.25, 0.3) is 88.8 Å². The van der Waals surface area contributed by atoms with Crippen LogP contribution in [-0.2, 0) is 5.41 Å². The molecule has 9 aromatic rings. The van der Waals surface area contributed by atoms with Crippen molar-refractivity contribution in [3.63, 3.8) is 0 Å². The van der Waals surface area contributed by atoms with E-state index in [0.29, 0.717) is 0 Å². The minimum atomic E-state index is 0.108. The van der Waals surface area contributed by atoms with E-state index in [4.69, 9.17) is 9.97 Å². The van der Waals surface area contributed by atoms with E-state index in [1.54, 1.807) is 0 Å². The summed E-state index contributed by atoms with van der Waals surface area (Å²) < 4.78 is 0. The van der Waals surface area contributed by atoms with Crippen LogP contribution in [0.1, 0.15) is 43.2 Å². The molecular weight excluding hydrogens is 677 g/mol. The Balaban J connectivity index is 1.01. The second-order valence-electron chi connectivity index (χ2n) is 15.6. The lowest BCUT2D eigenvalue weighted by Gasteiger charge is -2.36. The highest BCUT2D eigenvalue weighted by Gasteiger charge is 2.44. The molecule has 1 saturated carbocycles. The summed E-state index contributed by atoms with van der Waals surface area (Å²) in [5, 5.41) is 5.08. The molecule has 2 aliphatic rings. The molecule has 0 saturated heterocycles. The third kappa shape index (κ3) is 5.39. The molecule has 0 radical (unpaired) electrons. The molecule has 56 heavy (non-hydrogen) atoms. The average Bonchev–Trinajstić information content (AvgIpc) is 3.53. The molecule has 11 rings (SSSR count). The van der Waals surface area contributed by atoms with E-state index in [-0.39, 0.29) is 5.41 Å². The first-order chi connectivity index (χ1) is 27.7. The molecular formula is C54H40N2. The SMILES string of the molecule is c1ccc(-c2cc(-c3ccc4cccc(-c5ccc(-c6cccc7c6-c6cc8ccccc8cc6C76CCCCC6)cc5)c4c3)nc(-c3ccccc3)n2)cc1. The Morgan fingerprint density at radius 1 is 0.357 bits per heavy atom. The molecule has 8 aromatic carbocycles. The lowest BCUT2D eigenvalue weighted by molar-refractivity contribution is 0.353. The Kier molecular flexibility index (Phi) is 7.77. The predicted octanol–water partition coefficient (Wildman–Crippen LogP) is 14.3. The number of nitrogens with zero attached hydrogens (tertiary/aromatic N) is 2. The minimum Gasteiger partial charge on any atom is -0.228 e. The summed E-state index contributed by atoms with van der Waals surface area (Å²) in [6, 6.07) is 66.4. The van der Waals surface area contributed by atoms with E-state index in [0.717, 1.165) is 33.9 Å². The number of fused-ring (bicyclic) bond motifs is 7. The smallest absolute Gasteiger partial charge is 0.160 e. The number of benzene rings is 8. The van der Waals surface area contributed by atoms with E-state index < -0.39 is 0 Å². The van der Waals surface area contributed by atoms with Gasteiger partial charge in [0.25, 0.3) is 0 Å². The van der Waals surface area contributed by atoms with Crippen molar-refractivity contribution in [2.45, 2.75) is 37.5 Å². The molecule has 0 unspecified atom stereocenters. The van der Waals surface area contributed by atoms with E-state index in [9.17, 15) is 0 Å². The van der Waals surface area contributed by atoms with Gasteiger partial charge in [0.15, 0.2) is 5.82 Å². The van der Waals surface area contributed by atoms with Crippen molar-refractivity contribution >= 4 is 21.5 Å². The maximum atomic E-state index is 5.14. The Labute approximate surface area is 328 Å². The molecule has 1 aromatic heterocycles. The second-order valence-corrected chi connectivity index (χ2v) is 15.6. The average molecular weight is 717 g/mol. The Hall–Kier alpha value is -6.64. The largest absolute Gasteiger partial charge is 0.228 e. The molecule has 2 nitrogen and oxygen atoms in total. The zero-order valence-corrected chi connectivity index (χ0v) is 31.3. The monoisotopic (exact) mass is 716 g/mol. The fraction of sp³-hybridized carbons (Fsp3) is 0.111. The highest BCUT2D eigenvalue weighted by Crippen LogP contribution is 2.58. The van der Waals surface area contributed by atoms with Gasteiger partial charge in [-0.05, 0) is 103 Å². The Morgan fingerprint density at radius 2 is 0.946 bits per heavy atom. The molecule has 266 valence electrons. The first kappa shape index (κ1) is 32.8. The van der Waals surface area contributed by atoms with Gasteiger partial charge in [-0.25, -0.2) is 9.97 Å². The molecule has 0 aliphatic heterocycles. The zero-order chi connectivity index (χ0) is 37.1. The van der Waals surface area contributed by atoms with Crippen molar-refractivity contribution in [3.8, 4) is 67.3 Å². The van der Waals surface area contributed by atoms with Crippen LogP contribution in [0.4, 0.5) is 0 Å². The number of hydrogen-bond acceptors (Lipinski definition) is 2. The van der Waals surface area contributed by atoms with Crippen LogP contribution in [0.5, 0.6) is 0 Å². The van der Waals surface area contributed by atoms with E-state index in [1.165, 1.54) is 98.2 Å². The Bertz CT molecular complexity index is 2860. The van der Waals surface area contributed by atoms with Gasteiger partial charge in [-0.2, -0.15) is 0 Å². The van der Waals surface area contributed by atoms with Crippen molar-refractivity contribution in [3.05, 3.63) is 193 Å². The molecule has 2 heteroatoms. The summed E-state index contributed by atoms with van der Waals surface area (Å²) in [4.78, 5) is 10.2. The summed E-state index contributed by atoms with van der Waals surface area (Å²) in [5.74, 6) is 0.725. The summed E-state index contributed by atoms with van der Waals surface area (Å²) in [7, 11) is 0. The zero-order valence-electron chi connectivity index (χ0n) is 31.3. The van der Waals surface area contributed by atoms with Crippen LogP contribution in [0.15, 0.2) is 182 Å². The standard InChI is InChI=1S/C54H40N2/c1-4-14-39(15-5-1)50-35-51(56-53(55-50)40-16-6-2-7-17-40)43-29-28-36-20-12-21-44(46(36)33-43)37-24-26-38(27-25-37)45-22-13-23-48-52(45)47-32-41-18-8-9-19-42(41)34-49(47)54(48)30-10-3-11-31-54/h1-2,4-9,12-29,32-35H,3,10-11,30-31H2. The van der Waals surface area contributed by atoms with Crippen molar-refractivity contribution in [1.29, 1.82) is 0 Å². The van der Waals surface area contributed by atoms with Crippen LogP contribution >= 0.6 is 0 Å². The predicted molar refractivity (Wildman–Crippen MR) is 234 cm³/mol. The van der Waals surface area contributed by atoms with E-state index >= 15 is 0 Å². The lowest BCUT2D eigenvalue weighted by Crippen LogP contribution is -2.28. The van der Waals surface area contributed by atoms with Crippen molar-refractivity contribution in [1.82, 2.24) is 9.97 Å². The van der Waals surface area contributed by atoms with Crippen LogP contribution < -0.4 is 0 Å². The quantitative estimate of drug-likeness (QED) is 0.177. The number of hydrogen-bond donors (Lipinski definition) is 0. The molecule has 0 bridgehead atoms. The van der Waals surface area contributed by atoms with Gasteiger partial charge in [-0.3, -0.25) is 0 Å². The fourth-order valence-corrected chi connectivity index (χ4v) is 9.75. The number of rotatable bonds is 5. The highest BCUT2D eigenvalue weighted by atomic mass is 14.9.